The molecule has 0 aliphatic rings. The Balaban J connectivity index is 2.13. The highest BCUT2D eigenvalue weighted by Gasteiger charge is 2.22. The van der Waals surface area contributed by atoms with Crippen molar-refractivity contribution in [1.29, 1.82) is 0 Å². The Hall–Kier alpha value is -2.46. The second kappa shape index (κ2) is 11.5. The number of aromatic nitrogens is 4. The Morgan fingerprint density at radius 2 is 1.93 bits per heavy atom. The third-order valence-corrected chi connectivity index (χ3v) is 4.92. The standard InChI is InChI=1S/C19H28N6O3S/c1-5-28-12-6-11-25-16(15-7-9-20-10-8-15)23-24-19(25)29-14(4)17(26)22-18(27)21-13(2)3/h7-10,13-14H,5-6,11-12H2,1-4H3,(H2,21,22,26,27)/t14-/m0/s1. The number of rotatable bonds is 10. The number of amides is 3. The van der Waals surface area contributed by atoms with Gasteiger partial charge in [0.15, 0.2) is 11.0 Å². The number of hydrogen-bond donors (Lipinski definition) is 2. The van der Waals surface area contributed by atoms with E-state index in [4.69, 9.17) is 4.74 Å². The molecule has 0 fully saturated rings. The molecule has 2 N–H and O–H groups in total. The molecule has 0 aromatic carbocycles. The van der Waals surface area contributed by atoms with E-state index in [1.165, 1.54) is 11.8 Å². The molecule has 2 aromatic rings. The second-order valence-corrected chi connectivity index (χ2v) is 7.93. The monoisotopic (exact) mass is 420 g/mol. The van der Waals surface area contributed by atoms with E-state index in [1.54, 1.807) is 19.3 Å². The third kappa shape index (κ3) is 7.13. The molecule has 0 unspecified atom stereocenters. The Morgan fingerprint density at radius 3 is 2.59 bits per heavy atom. The first-order valence-corrected chi connectivity index (χ1v) is 10.5. The topological polar surface area (TPSA) is 111 Å². The lowest BCUT2D eigenvalue weighted by Gasteiger charge is -2.14. The average Bonchev–Trinajstić information content (AvgIpc) is 3.07. The Kier molecular flexibility index (Phi) is 9.07. The van der Waals surface area contributed by atoms with Crippen LogP contribution in [-0.2, 0) is 16.1 Å². The van der Waals surface area contributed by atoms with E-state index in [9.17, 15) is 9.59 Å². The number of nitrogens with one attached hydrogen (secondary N) is 2. The summed E-state index contributed by atoms with van der Waals surface area (Å²) in [5.74, 6) is 0.319. The summed E-state index contributed by atoms with van der Waals surface area (Å²) in [7, 11) is 0. The molecule has 0 saturated carbocycles. The molecule has 9 nitrogen and oxygen atoms in total. The predicted octanol–water partition coefficient (Wildman–Crippen LogP) is 2.48. The number of hydrogen-bond acceptors (Lipinski definition) is 7. The number of carbonyl (C=O) groups excluding carboxylic acids is 2. The van der Waals surface area contributed by atoms with Crippen LogP contribution in [0.4, 0.5) is 4.79 Å². The molecule has 3 amide bonds. The summed E-state index contributed by atoms with van der Waals surface area (Å²) in [4.78, 5) is 28.2. The molecule has 0 bridgehead atoms. The highest BCUT2D eigenvalue weighted by molar-refractivity contribution is 8.00. The molecule has 0 spiro atoms. The van der Waals surface area contributed by atoms with E-state index in [2.05, 4.69) is 25.8 Å². The van der Waals surface area contributed by atoms with Gasteiger partial charge in [-0.05, 0) is 46.2 Å². The van der Waals surface area contributed by atoms with Crippen LogP contribution in [0, 0.1) is 0 Å². The number of pyridine rings is 1. The molecule has 29 heavy (non-hydrogen) atoms. The molecular formula is C19H28N6O3S. The molecular weight excluding hydrogens is 392 g/mol. The summed E-state index contributed by atoms with van der Waals surface area (Å²) in [5, 5.41) is 13.7. The first-order valence-electron chi connectivity index (χ1n) is 9.61. The van der Waals surface area contributed by atoms with Crippen molar-refractivity contribution in [3.8, 4) is 11.4 Å². The molecule has 2 heterocycles. The molecule has 0 saturated heterocycles. The van der Waals surface area contributed by atoms with E-state index in [0.29, 0.717) is 30.7 Å². The van der Waals surface area contributed by atoms with Crippen LogP contribution in [0.5, 0.6) is 0 Å². The van der Waals surface area contributed by atoms with Crippen molar-refractivity contribution < 1.29 is 14.3 Å². The summed E-state index contributed by atoms with van der Waals surface area (Å²) < 4.78 is 7.40. The fraction of sp³-hybridized carbons (Fsp3) is 0.526. The van der Waals surface area contributed by atoms with Gasteiger partial charge >= 0.3 is 6.03 Å². The number of ether oxygens (including phenoxy) is 1. The number of imide groups is 1. The molecule has 10 heteroatoms. The van der Waals surface area contributed by atoms with Gasteiger partial charge in [0.05, 0.1) is 5.25 Å². The van der Waals surface area contributed by atoms with E-state index in [0.717, 1.165) is 12.0 Å². The van der Waals surface area contributed by atoms with Crippen molar-refractivity contribution in [3.63, 3.8) is 0 Å². The zero-order valence-corrected chi connectivity index (χ0v) is 18.0. The molecule has 2 rings (SSSR count). The van der Waals surface area contributed by atoms with Crippen LogP contribution in [0.15, 0.2) is 29.7 Å². The van der Waals surface area contributed by atoms with Gasteiger partial charge in [0, 0.05) is 43.8 Å². The van der Waals surface area contributed by atoms with Crippen molar-refractivity contribution >= 4 is 23.7 Å². The van der Waals surface area contributed by atoms with Crippen molar-refractivity contribution in [3.05, 3.63) is 24.5 Å². The Labute approximate surface area is 175 Å². The minimum absolute atomic E-state index is 0.0536. The van der Waals surface area contributed by atoms with Gasteiger partial charge in [-0.3, -0.25) is 15.1 Å². The van der Waals surface area contributed by atoms with Crippen LogP contribution in [-0.4, -0.2) is 56.2 Å². The first kappa shape index (κ1) is 22.8. The van der Waals surface area contributed by atoms with Gasteiger partial charge in [0.1, 0.15) is 0 Å². The minimum Gasteiger partial charge on any atom is -0.382 e. The molecule has 2 aromatic heterocycles. The average molecular weight is 421 g/mol. The van der Waals surface area contributed by atoms with Gasteiger partial charge in [0.25, 0.3) is 0 Å². The number of carbonyl (C=O) groups is 2. The largest absolute Gasteiger partial charge is 0.382 e. The van der Waals surface area contributed by atoms with Gasteiger partial charge in [-0.25, -0.2) is 4.79 Å². The van der Waals surface area contributed by atoms with Gasteiger partial charge in [-0.1, -0.05) is 11.8 Å². The highest BCUT2D eigenvalue weighted by atomic mass is 32.2. The maximum Gasteiger partial charge on any atom is 0.321 e. The van der Waals surface area contributed by atoms with E-state index >= 15 is 0 Å². The summed E-state index contributed by atoms with van der Waals surface area (Å²) >= 11 is 1.26. The Morgan fingerprint density at radius 1 is 1.21 bits per heavy atom. The number of urea groups is 1. The highest BCUT2D eigenvalue weighted by Crippen LogP contribution is 2.27. The molecule has 0 aliphatic heterocycles. The number of thioether (sulfide) groups is 1. The smallest absolute Gasteiger partial charge is 0.321 e. The lowest BCUT2D eigenvalue weighted by Crippen LogP contribution is -2.45. The predicted molar refractivity (Wildman–Crippen MR) is 111 cm³/mol. The van der Waals surface area contributed by atoms with Crippen LogP contribution < -0.4 is 10.6 Å². The van der Waals surface area contributed by atoms with Gasteiger partial charge in [-0.2, -0.15) is 0 Å². The maximum absolute atomic E-state index is 12.3. The zero-order chi connectivity index (χ0) is 21.2. The minimum atomic E-state index is -0.520. The van der Waals surface area contributed by atoms with Gasteiger partial charge < -0.3 is 14.6 Å². The van der Waals surface area contributed by atoms with Crippen LogP contribution in [0.2, 0.25) is 0 Å². The zero-order valence-electron chi connectivity index (χ0n) is 17.2. The van der Waals surface area contributed by atoms with Crippen molar-refractivity contribution in [2.45, 2.75) is 57.1 Å². The summed E-state index contributed by atoms with van der Waals surface area (Å²) in [5.41, 5.74) is 0.893. The van der Waals surface area contributed by atoms with Gasteiger partial charge in [-0.15, -0.1) is 10.2 Å². The van der Waals surface area contributed by atoms with Crippen LogP contribution in [0.1, 0.15) is 34.1 Å². The lowest BCUT2D eigenvalue weighted by molar-refractivity contribution is -0.119. The third-order valence-electron chi connectivity index (χ3n) is 3.84. The van der Waals surface area contributed by atoms with Crippen LogP contribution in [0.3, 0.4) is 0 Å². The SMILES string of the molecule is CCOCCCn1c(S[C@@H](C)C(=O)NC(=O)NC(C)C)nnc1-c1ccncc1. The maximum atomic E-state index is 12.3. The van der Waals surface area contributed by atoms with E-state index in [1.807, 2.05) is 37.5 Å². The molecule has 1 atom stereocenters. The van der Waals surface area contributed by atoms with Gasteiger partial charge in [0.2, 0.25) is 5.91 Å². The molecule has 0 radical (unpaired) electrons. The molecule has 0 aliphatic carbocycles. The fourth-order valence-electron chi connectivity index (χ4n) is 2.48. The van der Waals surface area contributed by atoms with Crippen LogP contribution in [0.25, 0.3) is 11.4 Å². The van der Waals surface area contributed by atoms with Crippen LogP contribution >= 0.6 is 11.8 Å². The second-order valence-electron chi connectivity index (χ2n) is 6.62. The molecule has 158 valence electrons. The Bertz CT molecular complexity index is 796. The normalized spacial score (nSPS) is 12.0. The van der Waals surface area contributed by atoms with Crippen molar-refractivity contribution in [1.82, 2.24) is 30.4 Å². The number of nitrogens with zero attached hydrogens (tertiary/aromatic N) is 4. The summed E-state index contributed by atoms with van der Waals surface area (Å²) in [6.07, 6.45) is 4.18. The van der Waals surface area contributed by atoms with Crippen molar-refractivity contribution in [2.24, 2.45) is 0 Å². The summed E-state index contributed by atoms with van der Waals surface area (Å²) in [6, 6.07) is 3.17. The van der Waals surface area contributed by atoms with Crippen molar-refractivity contribution in [2.75, 3.05) is 13.2 Å². The quantitative estimate of drug-likeness (QED) is 0.449. The summed E-state index contributed by atoms with van der Waals surface area (Å²) in [6.45, 7) is 9.28. The lowest BCUT2D eigenvalue weighted by atomic mass is 10.2. The first-order chi connectivity index (χ1) is 13.9. The fourth-order valence-corrected chi connectivity index (χ4v) is 3.36. The van der Waals surface area contributed by atoms with E-state index in [-0.39, 0.29) is 11.9 Å². The van der Waals surface area contributed by atoms with E-state index < -0.39 is 11.3 Å².